The van der Waals surface area contributed by atoms with Gasteiger partial charge in [0, 0.05) is 28.4 Å². The van der Waals surface area contributed by atoms with Crippen LogP contribution in [0.25, 0.3) is 0 Å². The minimum atomic E-state index is -0.585. The van der Waals surface area contributed by atoms with Gasteiger partial charge in [-0.25, -0.2) is 0 Å². The smallest absolute Gasteiger partial charge is 0.243 e. The van der Waals surface area contributed by atoms with Gasteiger partial charge in [0.2, 0.25) is 11.8 Å². The van der Waals surface area contributed by atoms with Gasteiger partial charge in [0.15, 0.2) is 0 Å². The highest BCUT2D eigenvalue weighted by Gasteiger charge is 2.32. The summed E-state index contributed by atoms with van der Waals surface area (Å²) in [5.74, 6) is 0.177. The third-order valence-corrected chi connectivity index (χ3v) is 8.09. The lowest BCUT2D eigenvalue weighted by molar-refractivity contribution is -0.139. The fraction of sp³-hybridized carbons (Fsp3) is 0.333. The lowest BCUT2D eigenvalue weighted by Crippen LogP contribution is -2.52. The van der Waals surface area contributed by atoms with Crippen LogP contribution in [0.15, 0.2) is 88.2 Å². The van der Waals surface area contributed by atoms with E-state index in [1.54, 1.807) is 4.90 Å². The van der Waals surface area contributed by atoms with Gasteiger partial charge < -0.3 is 10.2 Å². The second-order valence-electron chi connectivity index (χ2n) is 9.45. The second-order valence-corrected chi connectivity index (χ2v) is 11.4. The number of carbonyl (C=O) groups is 2. The summed E-state index contributed by atoms with van der Waals surface area (Å²) in [5, 5.41) is 3.26. The topological polar surface area (TPSA) is 49.4 Å². The van der Waals surface area contributed by atoms with Gasteiger partial charge in [0.25, 0.3) is 0 Å². The Morgan fingerprint density at radius 1 is 0.972 bits per heavy atom. The summed E-state index contributed by atoms with van der Waals surface area (Å²) >= 11 is 5.06. The van der Waals surface area contributed by atoms with Crippen molar-refractivity contribution in [2.75, 3.05) is 5.75 Å². The number of nitrogens with one attached hydrogen (secondary N) is 1. The van der Waals surface area contributed by atoms with Crippen molar-refractivity contribution in [2.24, 2.45) is 0 Å². The minimum Gasteiger partial charge on any atom is -0.352 e. The Morgan fingerprint density at radius 3 is 2.36 bits per heavy atom. The van der Waals surface area contributed by atoms with Gasteiger partial charge in [-0.3, -0.25) is 9.59 Å². The molecule has 188 valence electrons. The summed E-state index contributed by atoms with van der Waals surface area (Å²) < 4.78 is 0.955. The Morgan fingerprint density at radius 2 is 1.67 bits per heavy atom. The van der Waals surface area contributed by atoms with E-state index in [1.165, 1.54) is 17.3 Å². The van der Waals surface area contributed by atoms with Crippen molar-refractivity contribution >= 4 is 39.5 Å². The van der Waals surface area contributed by atoms with Gasteiger partial charge in [-0.1, -0.05) is 88.9 Å². The molecule has 1 aliphatic carbocycles. The third-order valence-electron chi connectivity index (χ3n) is 6.60. The van der Waals surface area contributed by atoms with Gasteiger partial charge in [0.05, 0.1) is 5.75 Å². The van der Waals surface area contributed by atoms with Gasteiger partial charge >= 0.3 is 0 Å². The standard InChI is InChI=1S/C30H33BrN2O2S/c1-22-14-16-27(17-15-22)36-21-29(34)33(20-24-10-7-11-25(31)18-24)28(19-23-8-3-2-4-9-23)30(35)32-26-12-5-6-13-26/h2-4,7-11,14-18,26,28H,5-6,12-13,19-21H2,1H3,(H,32,35). The zero-order chi connectivity index (χ0) is 25.3. The predicted octanol–water partition coefficient (Wildman–Crippen LogP) is 6.55. The number of amides is 2. The molecule has 2 amide bonds. The van der Waals surface area contributed by atoms with Crippen LogP contribution in [0, 0.1) is 6.92 Å². The SMILES string of the molecule is Cc1ccc(SCC(=O)N(Cc2cccc(Br)c2)C(Cc2ccccc2)C(=O)NC2CCCC2)cc1. The number of nitrogens with zero attached hydrogens (tertiary/aromatic N) is 1. The third kappa shape index (κ3) is 7.71. The normalized spacial score (nSPS) is 14.4. The molecule has 0 aromatic heterocycles. The van der Waals surface area contributed by atoms with E-state index < -0.39 is 6.04 Å². The molecule has 3 aromatic carbocycles. The fourth-order valence-corrected chi connectivity index (χ4v) is 5.85. The summed E-state index contributed by atoms with van der Waals surface area (Å²) in [7, 11) is 0. The molecule has 6 heteroatoms. The van der Waals surface area contributed by atoms with E-state index in [-0.39, 0.29) is 23.6 Å². The zero-order valence-electron chi connectivity index (χ0n) is 20.7. The number of benzene rings is 3. The van der Waals surface area contributed by atoms with Crippen LogP contribution in [0.2, 0.25) is 0 Å². The fourth-order valence-electron chi connectivity index (χ4n) is 4.62. The molecule has 0 saturated heterocycles. The van der Waals surface area contributed by atoms with E-state index in [4.69, 9.17) is 0 Å². The van der Waals surface area contributed by atoms with E-state index in [0.29, 0.717) is 13.0 Å². The molecule has 3 aromatic rings. The predicted molar refractivity (Wildman–Crippen MR) is 151 cm³/mol. The lowest BCUT2D eigenvalue weighted by Gasteiger charge is -2.32. The van der Waals surface area contributed by atoms with E-state index in [9.17, 15) is 9.59 Å². The van der Waals surface area contributed by atoms with Crippen molar-refractivity contribution in [2.45, 2.75) is 62.6 Å². The van der Waals surface area contributed by atoms with Gasteiger partial charge in [-0.2, -0.15) is 0 Å². The monoisotopic (exact) mass is 564 g/mol. The van der Waals surface area contributed by atoms with Crippen molar-refractivity contribution in [3.05, 3.63) is 100 Å². The van der Waals surface area contributed by atoms with E-state index in [0.717, 1.165) is 46.2 Å². The zero-order valence-corrected chi connectivity index (χ0v) is 23.1. The Bertz CT molecular complexity index is 1150. The first-order valence-electron chi connectivity index (χ1n) is 12.6. The Labute approximate surface area is 227 Å². The average molecular weight is 566 g/mol. The summed E-state index contributed by atoms with van der Waals surface area (Å²) in [6, 6.07) is 25.7. The minimum absolute atomic E-state index is 0.0388. The molecular weight excluding hydrogens is 532 g/mol. The van der Waals surface area contributed by atoms with Crippen LogP contribution in [0.3, 0.4) is 0 Å². The highest BCUT2D eigenvalue weighted by molar-refractivity contribution is 9.10. The molecule has 4 rings (SSSR count). The summed E-state index contributed by atoms with van der Waals surface area (Å²) in [5.41, 5.74) is 3.22. The molecule has 1 unspecified atom stereocenters. The van der Waals surface area contributed by atoms with Gasteiger partial charge in [-0.05, 0) is 55.2 Å². The molecule has 1 N–H and O–H groups in total. The van der Waals surface area contributed by atoms with Crippen molar-refractivity contribution < 1.29 is 9.59 Å². The number of aryl methyl sites for hydroxylation is 1. The van der Waals surface area contributed by atoms with Crippen molar-refractivity contribution in [3.63, 3.8) is 0 Å². The molecule has 0 radical (unpaired) electrons. The van der Waals surface area contributed by atoms with E-state index in [1.807, 2.05) is 66.7 Å². The number of halogens is 1. The van der Waals surface area contributed by atoms with Crippen LogP contribution in [-0.2, 0) is 22.6 Å². The Kier molecular flexibility index (Phi) is 9.65. The first kappa shape index (κ1) is 26.5. The molecule has 36 heavy (non-hydrogen) atoms. The number of rotatable bonds is 10. The summed E-state index contributed by atoms with van der Waals surface area (Å²) in [6.07, 6.45) is 4.78. The number of thioether (sulfide) groups is 1. The summed E-state index contributed by atoms with van der Waals surface area (Å²) in [4.78, 5) is 30.3. The highest BCUT2D eigenvalue weighted by Crippen LogP contribution is 2.23. The molecule has 0 heterocycles. The number of carbonyl (C=O) groups excluding carboxylic acids is 2. The largest absolute Gasteiger partial charge is 0.352 e. The van der Waals surface area contributed by atoms with Crippen LogP contribution in [0.5, 0.6) is 0 Å². The van der Waals surface area contributed by atoms with Crippen molar-refractivity contribution in [3.8, 4) is 0 Å². The van der Waals surface area contributed by atoms with E-state index in [2.05, 4.69) is 40.3 Å². The molecule has 4 nitrogen and oxygen atoms in total. The van der Waals surface area contributed by atoms with Crippen LogP contribution in [0.4, 0.5) is 0 Å². The molecular formula is C30H33BrN2O2S. The molecule has 0 spiro atoms. The van der Waals surface area contributed by atoms with Crippen LogP contribution < -0.4 is 5.32 Å². The molecule has 0 bridgehead atoms. The maximum absolute atomic E-state index is 13.8. The first-order chi connectivity index (χ1) is 17.5. The molecule has 1 saturated carbocycles. The maximum atomic E-state index is 13.8. The lowest BCUT2D eigenvalue weighted by atomic mass is 10.0. The quantitative estimate of drug-likeness (QED) is 0.284. The van der Waals surface area contributed by atoms with Gasteiger partial charge in [0.1, 0.15) is 6.04 Å². The van der Waals surface area contributed by atoms with Crippen molar-refractivity contribution in [1.29, 1.82) is 0 Å². The Balaban J connectivity index is 1.60. The molecule has 1 aliphatic rings. The first-order valence-corrected chi connectivity index (χ1v) is 14.3. The van der Waals surface area contributed by atoms with Crippen molar-refractivity contribution in [1.82, 2.24) is 10.2 Å². The highest BCUT2D eigenvalue weighted by atomic mass is 79.9. The van der Waals surface area contributed by atoms with Crippen LogP contribution in [-0.4, -0.2) is 34.6 Å². The van der Waals surface area contributed by atoms with E-state index >= 15 is 0 Å². The summed E-state index contributed by atoms with van der Waals surface area (Å²) in [6.45, 7) is 2.43. The van der Waals surface area contributed by atoms with Crippen LogP contribution >= 0.6 is 27.7 Å². The molecule has 1 atom stereocenters. The van der Waals surface area contributed by atoms with Gasteiger partial charge in [-0.15, -0.1) is 11.8 Å². The Hall–Kier alpha value is -2.57. The van der Waals surface area contributed by atoms with Crippen LogP contribution in [0.1, 0.15) is 42.4 Å². The molecule has 1 fully saturated rings. The maximum Gasteiger partial charge on any atom is 0.243 e. The average Bonchev–Trinajstić information content (AvgIpc) is 3.39. The molecule has 0 aliphatic heterocycles. The second kappa shape index (κ2) is 13.1. The number of hydrogen-bond donors (Lipinski definition) is 1. The number of hydrogen-bond acceptors (Lipinski definition) is 3.